The van der Waals surface area contributed by atoms with E-state index in [2.05, 4.69) is 0 Å². The molecule has 0 aliphatic heterocycles. The first kappa shape index (κ1) is 7.02. The number of nitrogens with two attached hydrogens (primary N) is 1. The van der Waals surface area contributed by atoms with Crippen LogP contribution in [0, 0.1) is 5.92 Å². The van der Waals surface area contributed by atoms with Gasteiger partial charge in [-0.2, -0.15) is 0 Å². The fourth-order valence-electron chi connectivity index (χ4n) is 0. The third-order valence-electron chi connectivity index (χ3n) is 1.24. The second kappa shape index (κ2) is 1.87. The highest BCUT2D eigenvalue weighted by molar-refractivity contribution is 6.14. The summed E-state index contributed by atoms with van der Waals surface area (Å²) in [6.45, 7) is 5.82. The van der Waals surface area contributed by atoms with E-state index in [1.807, 2.05) is 20.8 Å². The normalized spacial score (nSPS) is 19.6. The maximum atomic E-state index is 5.46. The molecule has 1 nitrogen and oxygen atoms in total. The van der Waals surface area contributed by atoms with Crippen molar-refractivity contribution in [1.29, 1.82) is 0 Å². The van der Waals surface area contributed by atoms with E-state index in [1.54, 1.807) is 0 Å². The quantitative estimate of drug-likeness (QED) is 0.473. The highest BCUT2D eigenvalue weighted by Gasteiger charge is 2.13. The van der Waals surface area contributed by atoms with Gasteiger partial charge in [0.1, 0.15) is 0 Å². The van der Waals surface area contributed by atoms with Crippen molar-refractivity contribution in [2.45, 2.75) is 26.2 Å². The molecular weight excluding hydrogens is 84.9 g/mol. The van der Waals surface area contributed by atoms with Crippen molar-refractivity contribution < 1.29 is 0 Å². The number of hydrogen-bond donors (Lipinski definition) is 1. The summed E-state index contributed by atoms with van der Waals surface area (Å²) < 4.78 is 0. The lowest BCUT2D eigenvalue weighted by Gasteiger charge is -2.23. The van der Waals surface area contributed by atoms with Crippen LogP contribution in [0.3, 0.4) is 0 Å². The summed E-state index contributed by atoms with van der Waals surface area (Å²) in [4.78, 5) is 0. The van der Waals surface area contributed by atoms with E-state index in [9.17, 15) is 0 Å². The van der Waals surface area contributed by atoms with E-state index in [0.29, 0.717) is 5.92 Å². The van der Waals surface area contributed by atoms with Crippen molar-refractivity contribution in [3.05, 3.63) is 0 Å². The second-order valence-electron chi connectivity index (χ2n) is 2.52. The van der Waals surface area contributed by atoms with Crippen molar-refractivity contribution >= 4 is 7.85 Å². The Morgan fingerprint density at radius 1 is 1.57 bits per heavy atom. The van der Waals surface area contributed by atoms with Gasteiger partial charge in [-0.05, 0) is 11.4 Å². The van der Waals surface area contributed by atoms with E-state index in [1.165, 1.54) is 0 Å². The molecule has 0 aromatic carbocycles. The molecule has 0 spiro atoms. The smallest absolute Gasteiger partial charge is 0.0950 e. The minimum absolute atomic E-state index is 0.354. The first-order valence-corrected chi connectivity index (χ1v) is 2.52. The van der Waals surface area contributed by atoms with Gasteiger partial charge in [-0.15, -0.1) is 0 Å². The van der Waals surface area contributed by atoms with Crippen LogP contribution in [0.2, 0.25) is 0 Å². The maximum absolute atomic E-state index is 5.46. The molecule has 0 saturated heterocycles. The highest BCUT2D eigenvalue weighted by Crippen LogP contribution is 2.05. The number of hydrogen-bond acceptors (Lipinski definition) is 1. The van der Waals surface area contributed by atoms with E-state index >= 15 is 0 Å². The Morgan fingerprint density at radius 3 is 1.71 bits per heavy atom. The first-order valence-electron chi connectivity index (χ1n) is 2.52. The predicted molar refractivity (Wildman–Crippen MR) is 33.2 cm³/mol. The Bertz CT molecular complexity index is 53.6. The molecule has 0 heterocycles. The second-order valence-corrected chi connectivity index (χ2v) is 2.52. The lowest BCUT2D eigenvalue weighted by atomic mass is 9.72. The Balaban J connectivity index is 3.54. The molecule has 0 bridgehead atoms. The van der Waals surface area contributed by atoms with Crippen LogP contribution >= 0.6 is 0 Å². The van der Waals surface area contributed by atoms with Gasteiger partial charge in [-0.25, -0.2) is 0 Å². The molecule has 40 valence electrons. The Labute approximate surface area is 46.7 Å². The molecule has 0 aromatic rings. The van der Waals surface area contributed by atoms with Gasteiger partial charge < -0.3 is 5.73 Å². The van der Waals surface area contributed by atoms with Gasteiger partial charge in [-0.1, -0.05) is 20.8 Å². The fourth-order valence-corrected chi connectivity index (χ4v) is 0. The Kier molecular flexibility index (Phi) is 1.87. The Morgan fingerprint density at radius 2 is 1.71 bits per heavy atom. The van der Waals surface area contributed by atoms with Crippen LogP contribution in [0.1, 0.15) is 20.8 Å². The molecule has 0 aliphatic rings. The zero-order valence-electron chi connectivity index (χ0n) is 5.23. The van der Waals surface area contributed by atoms with Gasteiger partial charge in [0.05, 0.1) is 7.85 Å². The zero-order valence-corrected chi connectivity index (χ0v) is 5.23. The van der Waals surface area contributed by atoms with Crippen LogP contribution in [0.15, 0.2) is 0 Å². The van der Waals surface area contributed by atoms with Gasteiger partial charge in [0.25, 0.3) is 0 Å². The molecule has 1 atom stereocenters. The Hall–Kier alpha value is 0.0249. The fraction of sp³-hybridized carbons (Fsp3) is 1.00. The molecule has 2 radical (unpaired) electrons. The van der Waals surface area contributed by atoms with Crippen molar-refractivity contribution in [3.8, 4) is 0 Å². The zero-order chi connectivity index (χ0) is 6.08. The average molecular weight is 97.0 g/mol. The van der Waals surface area contributed by atoms with Crippen LogP contribution < -0.4 is 5.73 Å². The standard InChI is InChI=1S/C5H12BN/c1-4(2)5(3,6)7/h4H,7H2,1-3H3. The van der Waals surface area contributed by atoms with Gasteiger partial charge >= 0.3 is 0 Å². The molecule has 2 heteroatoms. The van der Waals surface area contributed by atoms with Crippen molar-refractivity contribution in [2.24, 2.45) is 11.7 Å². The summed E-state index contributed by atoms with van der Waals surface area (Å²) in [7, 11) is 5.46. The van der Waals surface area contributed by atoms with E-state index in [-0.39, 0.29) is 0 Å². The highest BCUT2D eigenvalue weighted by atomic mass is 14.7. The van der Waals surface area contributed by atoms with Crippen LogP contribution in [0.5, 0.6) is 0 Å². The SMILES string of the molecule is [B]C(C)(N)C(C)C. The van der Waals surface area contributed by atoms with Crippen LogP contribution in [0.25, 0.3) is 0 Å². The topological polar surface area (TPSA) is 26.0 Å². The molecule has 0 rings (SSSR count). The van der Waals surface area contributed by atoms with Gasteiger partial charge in [0.15, 0.2) is 0 Å². The van der Waals surface area contributed by atoms with E-state index in [0.717, 1.165) is 0 Å². The summed E-state index contributed by atoms with van der Waals surface area (Å²) in [5.41, 5.74) is 4.96. The monoisotopic (exact) mass is 97.1 g/mol. The number of rotatable bonds is 1. The van der Waals surface area contributed by atoms with E-state index in [4.69, 9.17) is 13.6 Å². The molecule has 0 fully saturated rings. The van der Waals surface area contributed by atoms with Crippen molar-refractivity contribution in [2.75, 3.05) is 0 Å². The molecular formula is C5H12BN. The van der Waals surface area contributed by atoms with Crippen LogP contribution in [-0.4, -0.2) is 13.3 Å². The molecule has 0 amide bonds. The summed E-state index contributed by atoms with van der Waals surface area (Å²) in [6.07, 6.45) is 0. The van der Waals surface area contributed by atoms with Gasteiger partial charge in [0, 0.05) is 0 Å². The third-order valence-corrected chi connectivity index (χ3v) is 1.24. The maximum Gasteiger partial charge on any atom is 0.0950 e. The molecule has 1 unspecified atom stereocenters. The third kappa shape index (κ3) is 2.69. The predicted octanol–water partition coefficient (Wildman–Crippen LogP) is 0.486. The summed E-state index contributed by atoms with van der Waals surface area (Å²) >= 11 is 0. The summed E-state index contributed by atoms with van der Waals surface area (Å²) in [6, 6.07) is 0. The molecule has 0 aromatic heterocycles. The molecule has 7 heavy (non-hydrogen) atoms. The molecule has 0 aliphatic carbocycles. The molecule has 0 saturated carbocycles. The van der Waals surface area contributed by atoms with Gasteiger partial charge in [-0.3, -0.25) is 0 Å². The first-order chi connectivity index (χ1) is 2.94. The van der Waals surface area contributed by atoms with E-state index < -0.39 is 5.44 Å². The van der Waals surface area contributed by atoms with Crippen molar-refractivity contribution in [3.63, 3.8) is 0 Å². The summed E-state index contributed by atoms with van der Waals surface area (Å²) in [5, 5.41) is 0. The summed E-state index contributed by atoms with van der Waals surface area (Å²) in [5.74, 6) is 0.354. The van der Waals surface area contributed by atoms with Gasteiger partial charge in [0.2, 0.25) is 0 Å². The lowest BCUT2D eigenvalue weighted by molar-refractivity contribution is 0.471. The minimum atomic E-state index is -0.500. The average Bonchev–Trinajstić information content (AvgIpc) is 1.31. The van der Waals surface area contributed by atoms with Crippen LogP contribution in [0.4, 0.5) is 0 Å². The molecule has 2 N–H and O–H groups in total. The van der Waals surface area contributed by atoms with Crippen molar-refractivity contribution in [1.82, 2.24) is 0 Å². The van der Waals surface area contributed by atoms with Crippen LogP contribution in [-0.2, 0) is 0 Å². The lowest BCUT2D eigenvalue weighted by Crippen LogP contribution is -2.41. The minimum Gasteiger partial charge on any atom is -0.333 e. The largest absolute Gasteiger partial charge is 0.333 e.